The van der Waals surface area contributed by atoms with E-state index >= 15 is 4.39 Å². The monoisotopic (exact) mass is 618 g/mol. The van der Waals surface area contributed by atoms with Crippen LogP contribution in [0.15, 0.2) is 54.7 Å². The molecule has 0 radical (unpaired) electrons. The number of halogens is 3. The van der Waals surface area contributed by atoms with Crippen molar-refractivity contribution in [1.82, 2.24) is 19.5 Å². The average Bonchev–Trinajstić information content (AvgIpc) is 3.60. The first kappa shape index (κ1) is 28.2. The Morgan fingerprint density at radius 3 is 2.73 bits per heavy atom. The van der Waals surface area contributed by atoms with E-state index in [0.717, 1.165) is 6.42 Å². The van der Waals surface area contributed by atoms with E-state index < -0.39 is 17.6 Å². The molecule has 1 N–H and O–H groups in total. The van der Waals surface area contributed by atoms with Crippen molar-refractivity contribution in [3.8, 4) is 23.0 Å². The van der Waals surface area contributed by atoms with Crippen LogP contribution < -0.4 is 9.47 Å². The van der Waals surface area contributed by atoms with Crippen molar-refractivity contribution < 1.29 is 32.9 Å². The first-order chi connectivity index (χ1) is 21.3. The molecule has 5 aromatic rings. The Hall–Kier alpha value is -4.61. The van der Waals surface area contributed by atoms with Crippen LogP contribution in [0.25, 0.3) is 22.3 Å². The van der Waals surface area contributed by atoms with Gasteiger partial charge in [0.2, 0.25) is 0 Å². The van der Waals surface area contributed by atoms with Crippen molar-refractivity contribution >= 4 is 28.6 Å². The molecule has 4 heterocycles. The number of benzene rings is 3. The Bertz CT molecular complexity index is 1930. The van der Waals surface area contributed by atoms with Gasteiger partial charge in [-0.1, -0.05) is 17.7 Å². The molecule has 0 aliphatic carbocycles. The van der Waals surface area contributed by atoms with E-state index in [1.807, 2.05) is 4.57 Å². The summed E-state index contributed by atoms with van der Waals surface area (Å²) in [6.07, 6.45) is 3.01. The van der Waals surface area contributed by atoms with Gasteiger partial charge in [0.15, 0.2) is 0 Å². The average molecular weight is 619 g/mol. The molecule has 0 spiro atoms. The minimum atomic E-state index is -1.03. The Labute approximate surface area is 255 Å². The van der Waals surface area contributed by atoms with Gasteiger partial charge in [-0.15, -0.1) is 0 Å². The molecule has 0 amide bonds. The fourth-order valence-electron chi connectivity index (χ4n) is 5.56. The van der Waals surface area contributed by atoms with Crippen LogP contribution in [0.4, 0.5) is 8.78 Å². The predicted molar refractivity (Wildman–Crippen MR) is 156 cm³/mol. The predicted octanol–water partition coefficient (Wildman–Crippen LogP) is 6.02. The highest BCUT2D eigenvalue weighted by Gasteiger charge is 2.28. The fraction of sp³-hybridized carbons (Fsp3) is 0.250. The number of carbonyl (C=O) groups is 1. The van der Waals surface area contributed by atoms with Crippen LogP contribution >= 0.6 is 11.6 Å². The Balaban J connectivity index is 1.21. The van der Waals surface area contributed by atoms with E-state index in [1.165, 1.54) is 30.5 Å². The third-order valence-corrected chi connectivity index (χ3v) is 8.15. The van der Waals surface area contributed by atoms with Crippen LogP contribution in [0, 0.1) is 11.6 Å². The molecule has 2 aliphatic rings. The van der Waals surface area contributed by atoms with Crippen LogP contribution in [0.2, 0.25) is 5.02 Å². The summed E-state index contributed by atoms with van der Waals surface area (Å²) in [5.74, 6) is -0.862. The SMILES string of the molecule is O=C(O)c1ccc2nc(Cc3c(F)cc(-c4ccnc(OCc5ccc(Cl)cc5F)n4)c4c3CCO4)n(C[C@@H]3CCO3)c2c1. The number of hydrogen-bond acceptors (Lipinski definition) is 7. The standard InChI is InChI=1S/C32H25ClF2N4O5/c33-19-3-1-18(24(34)12-19)16-44-32-36-8-5-26(38-32)23-13-25(35)22(21-7-10-43-30(21)23)14-29-37-27-4-2-17(31(40)41)11-28(27)39(29)15-20-6-9-42-20/h1-5,8,11-13,20H,6-7,9-10,14-16H2,(H,40,41)/t20-/m0/s1. The summed E-state index contributed by atoms with van der Waals surface area (Å²) < 4.78 is 49.4. The molecule has 9 nitrogen and oxygen atoms in total. The van der Waals surface area contributed by atoms with Gasteiger partial charge >= 0.3 is 12.0 Å². The molecule has 1 atom stereocenters. The molecule has 0 bridgehead atoms. The quantitative estimate of drug-likeness (QED) is 0.214. The zero-order valence-corrected chi connectivity index (χ0v) is 24.0. The van der Waals surface area contributed by atoms with E-state index in [-0.39, 0.29) is 41.3 Å². The molecule has 2 aromatic heterocycles. The highest BCUT2D eigenvalue weighted by molar-refractivity contribution is 6.30. The Morgan fingerprint density at radius 2 is 1.95 bits per heavy atom. The van der Waals surface area contributed by atoms with Crippen LogP contribution in [-0.2, 0) is 30.7 Å². The lowest BCUT2D eigenvalue weighted by Crippen LogP contribution is -2.31. The second-order valence-corrected chi connectivity index (χ2v) is 11.1. The third-order valence-electron chi connectivity index (χ3n) is 7.91. The van der Waals surface area contributed by atoms with Gasteiger partial charge in [0.25, 0.3) is 0 Å². The summed E-state index contributed by atoms with van der Waals surface area (Å²) in [6, 6.07) is 12.1. The van der Waals surface area contributed by atoms with Crippen molar-refractivity contribution in [2.45, 2.75) is 38.5 Å². The zero-order valence-electron chi connectivity index (χ0n) is 23.2. The van der Waals surface area contributed by atoms with Gasteiger partial charge in [-0.2, -0.15) is 4.98 Å². The molecule has 12 heteroatoms. The molecule has 7 rings (SSSR count). The number of hydrogen-bond donors (Lipinski definition) is 1. The van der Waals surface area contributed by atoms with Gasteiger partial charge in [0, 0.05) is 52.9 Å². The summed E-state index contributed by atoms with van der Waals surface area (Å²) in [4.78, 5) is 25.0. The van der Waals surface area contributed by atoms with Gasteiger partial charge < -0.3 is 23.9 Å². The Morgan fingerprint density at radius 1 is 1.09 bits per heavy atom. The molecule has 224 valence electrons. The van der Waals surface area contributed by atoms with Gasteiger partial charge in [0.05, 0.1) is 41.5 Å². The number of nitrogens with zero attached hydrogens (tertiary/aromatic N) is 4. The second-order valence-electron chi connectivity index (χ2n) is 10.6. The van der Waals surface area contributed by atoms with Crippen LogP contribution in [0.3, 0.4) is 0 Å². The van der Waals surface area contributed by atoms with Gasteiger partial charge in [-0.05, 0) is 48.9 Å². The normalized spacial score (nSPS) is 15.6. The maximum Gasteiger partial charge on any atom is 0.335 e. The van der Waals surface area contributed by atoms with Crippen molar-refractivity contribution in [3.63, 3.8) is 0 Å². The first-order valence-electron chi connectivity index (χ1n) is 14.1. The number of ether oxygens (including phenoxy) is 3. The van der Waals surface area contributed by atoms with Crippen molar-refractivity contribution in [1.29, 1.82) is 0 Å². The summed E-state index contributed by atoms with van der Waals surface area (Å²) in [5, 5.41) is 9.82. The van der Waals surface area contributed by atoms with E-state index in [9.17, 15) is 14.3 Å². The summed E-state index contributed by atoms with van der Waals surface area (Å²) >= 11 is 5.83. The molecule has 44 heavy (non-hydrogen) atoms. The highest BCUT2D eigenvalue weighted by atomic mass is 35.5. The molecule has 1 saturated heterocycles. The zero-order chi connectivity index (χ0) is 30.4. The maximum absolute atomic E-state index is 16.0. The number of carboxylic acids is 1. The lowest BCUT2D eigenvalue weighted by Gasteiger charge is -2.27. The number of rotatable bonds is 9. The summed E-state index contributed by atoms with van der Waals surface area (Å²) in [7, 11) is 0. The number of aromatic carboxylic acids is 1. The summed E-state index contributed by atoms with van der Waals surface area (Å²) in [6.45, 7) is 1.41. The maximum atomic E-state index is 16.0. The number of aromatic nitrogens is 4. The molecular formula is C32H25ClF2N4O5. The van der Waals surface area contributed by atoms with Crippen LogP contribution in [0.5, 0.6) is 11.8 Å². The van der Waals surface area contributed by atoms with Gasteiger partial charge in [-0.3, -0.25) is 0 Å². The molecule has 0 saturated carbocycles. The van der Waals surface area contributed by atoms with Crippen molar-refractivity contribution in [2.24, 2.45) is 0 Å². The van der Waals surface area contributed by atoms with E-state index in [4.69, 9.17) is 30.8 Å². The lowest BCUT2D eigenvalue weighted by molar-refractivity contribution is -0.0589. The van der Waals surface area contributed by atoms with E-state index in [1.54, 1.807) is 24.3 Å². The minimum absolute atomic E-state index is 0.000688. The molecule has 3 aromatic carbocycles. The van der Waals surface area contributed by atoms with E-state index in [2.05, 4.69) is 9.97 Å². The third kappa shape index (κ3) is 5.33. The van der Waals surface area contributed by atoms with Crippen molar-refractivity contribution in [2.75, 3.05) is 13.2 Å². The molecule has 2 aliphatic heterocycles. The largest absolute Gasteiger partial charge is 0.492 e. The lowest BCUT2D eigenvalue weighted by atomic mass is 9.96. The smallest absolute Gasteiger partial charge is 0.335 e. The number of fused-ring (bicyclic) bond motifs is 2. The van der Waals surface area contributed by atoms with Crippen molar-refractivity contribution in [3.05, 3.63) is 99.5 Å². The fourth-order valence-corrected chi connectivity index (χ4v) is 5.72. The topological polar surface area (TPSA) is 109 Å². The van der Waals surface area contributed by atoms with Gasteiger partial charge in [-0.25, -0.2) is 23.5 Å². The number of carboxylic acid groups (broad SMARTS) is 1. The summed E-state index contributed by atoms with van der Waals surface area (Å²) in [5.41, 5.74) is 3.74. The molecule has 1 fully saturated rings. The number of imidazole rings is 1. The first-order valence-corrected chi connectivity index (χ1v) is 14.4. The van der Waals surface area contributed by atoms with Crippen LogP contribution in [0.1, 0.15) is 39.3 Å². The molecule has 0 unspecified atom stereocenters. The molecular weight excluding hydrogens is 594 g/mol. The second kappa shape index (κ2) is 11.5. The Kier molecular flexibility index (Phi) is 7.35. The van der Waals surface area contributed by atoms with Gasteiger partial charge in [0.1, 0.15) is 29.8 Å². The minimum Gasteiger partial charge on any atom is -0.492 e. The van der Waals surface area contributed by atoms with Crippen LogP contribution in [-0.4, -0.2) is 49.9 Å². The highest BCUT2D eigenvalue weighted by Crippen LogP contribution is 2.41. The van der Waals surface area contributed by atoms with E-state index in [0.29, 0.717) is 71.2 Å².